The predicted octanol–water partition coefficient (Wildman–Crippen LogP) is 0.476. The van der Waals surface area contributed by atoms with Crippen LogP contribution < -0.4 is 11.1 Å². The lowest BCUT2D eigenvalue weighted by Gasteiger charge is -2.20. The van der Waals surface area contributed by atoms with Crippen LogP contribution >= 0.6 is 0 Å². The Balaban J connectivity index is 1.72. The molecule has 0 saturated heterocycles. The fourth-order valence-corrected chi connectivity index (χ4v) is 3.10. The molecule has 1 unspecified atom stereocenters. The number of carbonyl (C=O) groups excluding carboxylic acids is 2. The summed E-state index contributed by atoms with van der Waals surface area (Å²) in [4.78, 5) is 38.3. The molecular weight excluding hydrogens is 384 g/mol. The van der Waals surface area contributed by atoms with E-state index in [-0.39, 0.29) is 25.4 Å². The lowest BCUT2D eigenvalue weighted by atomic mass is 9.99. The first-order valence-corrected chi connectivity index (χ1v) is 9.51. The summed E-state index contributed by atoms with van der Waals surface area (Å²) in [5.41, 5.74) is 7.90. The van der Waals surface area contributed by atoms with Crippen molar-refractivity contribution in [1.29, 1.82) is 0 Å². The summed E-state index contributed by atoms with van der Waals surface area (Å²) < 4.78 is 0. The summed E-state index contributed by atoms with van der Waals surface area (Å²) >= 11 is 0. The lowest BCUT2D eigenvalue weighted by Crippen LogP contribution is -2.45. The molecule has 0 spiro atoms. The Bertz CT molecular complexity index is 1030. The number of likely N-dealkylation sites (N-methyl/N-ethyl adjacent to an activating group) is 1. The summed E-state index contributed by atoms with van der Waals surface area (Å²) in [5, 5.41) is 13.8. The van der Waals surface area contributed by atoms with Gasteiger partial charge in [-0.25, -0.2) is 9.97 Å². The number of amides is 2. The van der Waals surface area contributed by atoms with E-state index in [4.69, 9.17) is 10.8 Å². The molecule has 0 aliphatic carbocycles. The molecular formula is C21H24N6O3. The Kier molecular flexibility index (Phi) is 6.99. The van der Waals surface area contributed by atoms with Gasteiger partial charge in [-0.2, -0.15) is 0 Å². The molecule has 0 radical (unpaired) electrons. The van der Waals surface area contributed by atoms with Gasteiger partial charge in [-0.3, -0.25) is 14.6 Å². The van der Waals surface area contributed by atoms with E-state index in [1.54, 1.807) is 25.6 Å². The standard InChI is InChI=1S/C21H24N6O3/c1-27(21(30)17(22)12-28)7-6-19(29)26-11-18-20(15-8-23-13-24-9-15)16-5-3-2-4-14(16)10-25-18/h2-5,8-10,13,17,28H,6-7,11-12,22H2,1H3,(H,26,29). The van der Waals surface area contributed by atoms with Crippen molar-refractivity contribution in [1.82, 2.24) is 25.2 Å². The first kappa shape index (κ1) is 21.3. The zero-order valence-electron chi connectivity index (χ0n) is 16.7. The maximum absolute atomic E-state index is 12.3. The Morgan fingerprint density at radius 1 is 1.20 bits per heavy atom. The summed E-state index contributed by atoms with van der Waals surface area (Å²) in [5.74, 6) is -0.634. The first-order valence-electron chi connectivity index (χ1n) is 9.51. The van der Waals surface area contributed by atoms with Gasteiger partial charge in [0.2, 0.25) is 11.8 Å². The molecule has 0 aliphatic rings. The summed E-state index contributed by atoms with van der Waals surface area (Å²) in [6.07, 6.45) is 6.77. The molecule has 9 nitrogen and oxygen atoms in total. The molecule has 1 aromatic carbocycles. The number of hydrogen-bond donors (Lipinski definition) is 3. The number of pyridine rings is 1. The van der Waals surface area contributed by atoms with Crippen LogP contribution in [0.3, 0.4) is 0 Å². The van der Waals surface area contributed by atoms with Gasteiger partial charge in [0.1, 0.15) is 12.4 Å². The van der Waals surface area contributed by atoms with Gasteiger partial charge in [0.25, 0.3) is 0 Å². The van der Waals surface area contributed by atoms with Crippen molar-refractivity contribution in [3.63, 3.8) is 0 Å². The third-order valence-electron chi connectivity index (χ3n) is 4.74. The summed E-state index contributed by atoms with van der Waals surface area (Å²) in [7, 11) is 1.55. The monoisotopic (exact) mass is 408 g/mol. The normalized spacial score (nSPS) is 11.8. The zero-order chi connectivity index (χ0) is 21.5. The summed E-state index contributed by atoms with van der Waals surface area (Å²) in [6, 6.07) is 6.88. The third kappa shape index (κ3) is 4.94. The third-order valence-corrected chi connectivity index (χ3v) is 4.74. The van der Waals surface area contributed by atoms with Crippen LogP contribution in [0.4, 0.5) is 0 Å². The minimum Gasteiger partial charge on any atom is -0.394 e. The number of hydrogen-bond acceptors (Lipinski definition) is 7. The number of benzene rings is 1. The quantitative estimate of drug-likeness (QED) is 0.493. The lowest BCUT2D eigenvalue weighted by molar-refractivity contribution is -0.132. The molecule has 30 heavy (non-hydrogen) atoms. The number of nitrogens with zero attached hydrogens (tertiary/aromatic N) is 4. The number of aromatic nitrogens is 3. The van der Waals surface area contributed by atoms with Crippen molar-refractivity contribution in [2.45, 2.75) is 19.0 Å². The van der Waals surface area contributed by atoms with E-state index < -0.39 is 18.6 Å². The second-order valence-electron chi connectivity index (χ2n) is 6.87. The largest absolute Gasteiger partial charge is 0.394 e. The van der Waals surface area contributed by atoms with Crippen molar-refractivity contribution in [2.75, 3.05) is 20.2 Å². The van der Waals surface area contributed by atoms with Gasteiger partial charge in [0.05, 0.1) is 18.8 Å². The van der Waals surface area contributed by atoms with E-state index in [0.717, 1.165) is 21.9 Å². The summed E-state index contributed by atoms with van der Waals surface area (Å²) in [6.45, 7) is -0.0143. The number of rotatable bonds is 8. The first-order chi connectivity index (χ1) is 14.5. The smallest absolute Gasteiger partial charge is 0.241 e. The number of nitrogens with two attached hydrogens (primary N) is 1. The van der Waals surface area contributed by atoms with Crippen molar-refractivity contribution >= 4 is 22.6 Å². The fraction of sp³-hybridized carbons (Fsp3) is 0.286. The van der Waals surface area contributed by atoms with Crippen molar-refractivity contribution in [2.24, 2.45) is 5.73 Å². The topological polar surface area (TPSA) is 134 Å². The predicted molar refractivity (Wildman–Crippen MR) is 112 cm³/mol. The minimum absolute atomic E-state index is 0.109. The maximum atomic E-state index is 12.3. The Morgan fingerprint density at radius 2 is 1.93 bits per heavy atom. The second kappa shape index (κ2) is 9.86. The number of carbonyl (C=O) groups is 2. The van der Waals surface area contributed by atoms with E-state index in [2.05, 4.69) is 20.3 Å². The van der Waals surface area contributed by atoms with Gasteiger partial charge >= 0.3 is 0 Å². The number of aliphatic hydroxyl groups excluding tert-OH is 1. The van der Waals surface area contributed by atoms with E-state index in [0.29, 0.717) is 5.69 Å². The van der Waals surface area contributed by atoms with Crippen molar-refractivity contribution in [3.05, 3.63) is 54.9 Å². The maximum Gasteiger partial charge on any atom is 0.241 e. The average molecular weight is 408 g/mol. The molecule has 3 aromatic rings. The van der Waals surface area contributed by atoms with Crippen LogP contribution in [0, 0.1) is 0 Å². The van der Waals surface area contributed by atoms with E-state index >= 15 is 0 Å². The van der Waals surface area contributed by atoms with Crippen molar-refractivity contribution < 1.29 is 14.7 Å². The highest BCUT2D eigenvalue weighted by molar-refractivity contribution is 5.97. The Labute approximate surface area is 174 Å². The van der Waals surface area contributed by atoms with Crippen LogP contribution in [0.5, 0.6) is 0 Å². The Hall–Kier alpha value is -3.43. The average Bonchev–Trinajstić information content (AvgIpc) is 2.80. The molecule has 156 valence electrons. The molecule has 2 amide bonds. The molecule has 0 bridgehead atoms. The zero-order valence-corrected chi connectivity index (χ0v) is 16.7. The van der Waals surface area contributed by atoms with E-state index in [1.165, 1.54) is 11.2 Å². The minimum atomic E-state index is -0.976. The highest BCUT2D eigenvalue weighted by Crippen LogP contribution is 2.30. The van der Waals surface area contributed by atoms with E-state index in [9.17, 15) is 9.59 Å². The molecule has 1 atom stereocenters. The van der Waals surface area contributed by atoms with Crippen LogP contribution in [0.2, 0.25) is 0 Å². The highest BCUT2D eigenvalue weighted by Gasteiger charge is 2.18. The molecule has 0 fully saturated rings. The van der Waals surface area contributed by atoms with Gasteiger partial charge in [-0.1, -0.05) is 24.3 Å². The van der Waals surface area contributed by atoms with Crippen LogP contribution in [0.1, 0.15) is 12.1 Å². The van der Waals surface area contributed by atoms with Gasteiger partial charge in [0.15, 0.2) is 0 Å². The van der Waals surface area contributed by atoms with Crippen molar-refractivity contribution in [3.8, 4) is 11.1 Å². The van der Waals surface area contributed by atoms with Gasteiger partial charge < -0.3 is 21.1 Å². The molecule has 9 heteroatoms. The molecule has 2 heterocycles. The SMILES string of the molecule is CN(CCC(=O)NCc1ncc2ccccc2c1-c1cncnc1)C(=O)C(N)CO. The van der Waals surface area contributed by atoms with Gasteiger partial charge in [0, 0.05) is 55.1 Å². The highest BCUT2D eigenvalue weighted by atomic mass is 16.3. The van der Waals surface area contributed by atoms with Gasteiger partial charge in [-0.15, -0.1) is 0 Å². The van der Waals surface area contributed by atoms with Crippen LogP contribution in [-0.2, 0) is 16.1 Å². The van der Waals surface area contributed by atoms with E-state index in [1.807, 2.05) is 24.3 Å². The van der Waals surface area contributed by atoms with Crippen LogP contribution in [0.25, 0.3) is 21.9 Å². The number of nitrogens with one attached hydrogen (secondary N) is 1. The number of fused-ring (bicyclic) bond motifs is 1. The molecule has 0 saturated carbocycles. The Morgan fingerprint density at radius 3 is 2.67 bits per heavy atom. The molecule has 4 N–H and O–H groups in total. The fourth-order valence-electron chi connectivity index (χ4n) is 3.10. The van der Waals surface area contributed by atoms with Crippen LogP contribution in [0.15, 0.2) is 49.2 Å². The molecule has 0 aliphatic heterocycles. The molecule has 2 aromatic heterocycles. The number of aliphatic hydroxyl groups is 1. The van der Waals surface area contributed by atoms with Gasteiger partial charge in [-0.05, 0) is 5.39 Å². The molecule has 3 rings (SSSR count). The second-order valence-corrected chi connectivity index (χ2v) is 6.87. The van der Waals surface area contributed by atoms with Crippen LogP contribution in [-0.4, -0.2) is 63.0 Å².